The summed E-state index contributed by atoms with van der Waals surface area (Å²) in [6.07, 6.45) is 0.976. The number of rotatable bonds is 9. The number of hydrogen-bond acceptors (Lipinski definition) is 3. The Hall–Kier alpha value is -1.82. The zero-order chi connectivity index (χ0) is 16.4. The summed E-state index contributed by atoms with van der Waals surface area (Å²) in [5, 5.41) is 5.53. The van der Waals surface area contributed by atoms with Crippen LogP contribution in [0.1, 0.15) is 27.2 Å². The third-order valence-electron chi connectivity index (χ3n) is 2.75. The Morgan fingerprint density at radius 1 is 1.23 bits per heavy atom. The number of ether oxygens (including phenoxy) is 2. The Balaban J connectivity index is 2.12. The van der Waals surface area contributed by atoms with Gasteiger partial charge in [0.05, 0.1) is 12.1 Å². The van der Waals surface area contributed by atoms with Gasteiger partial charge in [0.1, 0.15) is 18.2 Å². The lowest BCUT2D eigenvalue weighted by Gasteiger charge is -2.15. The molecule has 2 N–H and O–H groups in total. The van der Waals surface area contributed by atoms with Gasteiger partial charge in [-0.1, -0.05) is 0 Å². The van der Waals surface area contributed by atoms with Gasteiger partial charge in [0, 0.05) is 13.2 Å². The highest BCUT2D eigenvalue weighted by molar-refractivity contribution is 5.74. The van der Waals surface area contributed by atoms with Gasteiger partial charge in [0.15, 0.2) is 0 Å². The zero-order valence-corrected chi connectivity index (χ0v) is 13.4. The molecular weight excluding hydrogens is 287 g/mol. The second kappa shape index (κ2) is 10.00. The fourth-order valence-electron chi connectivity index (χ4n) is 1.66. The Bertz CT molecular complexity index is 438. The molecule has 6 heteroatoms. The van der Waals surface area contributed by atoms with Crippen molar-refractivity contribution in [3.63, 3.8) is 0 Å². The van der Waals surface area contributed by atoms with Crippen LogP contribution < -0.4 is 15.4 Å². The van der Waals surface area contributed by atoms with Gasteiger partial charge in [-0.25, -0.2) is 9.18 Å². The molecule has 1 atom stereocenters. The van der Waals surface area contributed by atoms with Crippen molar-refractivity contribution in [2.24, 2.45) is 0 Å². The van der Waals surface area contributed by atoms with E-state index in [-0.39, 0.29) is 24.0 Å². The maximum absolute atomic E-state index is 12.7. The first-order valence-corrected chi connectivity index (χ1v) is 7.51. The number of halogens is 1. The molecule has 0 aliphatic rings. The number of amides is 2. The third kappa shape index (κ3) is 8.46. The molecule has 1 unspecified atom stereocenters. The van der Waals surface area contributed by atoms with Crippen LogP contribution in [0.2, 0.25) is 0 Å². The molecule has 124 valence electrons. The topological polar surface area (TPSA) is 59.6 Å². The molecule has 1 aromatic rings. The molecule has 1 aromatic carbocycles. The minimum absolute atomic E-state index is 0.156. The average Bonchev–Trinajstić information content (AvgIpc) is 2.46. The van der Waals surface area contributed by atoms with Crippen molar-refractivity contribution in [1.82, 2.24) is 10.6 Å². The van der Waals surface area contributed by atoms with Crippen LogP contribution in [-0.4, -0.2) is 37.9 Å². The molecule has 0 fully saturated rings. The molecular formula is C16H25FN2O3. The van der Waals surface area contributed by atoms with Gasteiger partial charge in [0.25, 0.3) is 0 Å². The van der Waals surface area contributed by atoms with Crippen LogP contribution in [0.15, 0.2) is 24.3 Å². The van der Waals surface area contributed by atoms with E-state index in [0.29, 0.717) is 25.5 Å². The molecule has 1 rings (SSSR count). The fourth-order valence-corrected chi connectivity index (χ4v) is 1.66. The zero-order valence-electron chi connectivity index (χ0n) is 13.4. The number of carbonyl (C=O) groups excluding carboxylic acids is 1. The van der Waals surface area contributed by atoms with E-state index < -0.39 is 0 Å². The van der Waals surface area contributed by atoms with Crippen LogP contribution >= 0.6 is 0 Å². The summed E-state index contributed by atoms with van der Waals surface area (Å²) in [6.45, 7) is 7.29. The first-order valence-electron chi connectivity index (χ1n) is 7.51. The van der Waals surface area contributed by atoms with Gasteiger partial charge >= 0.3 is 6.03 Å². The van der Waals surface area contributed by atoms with E-state index in [1.54, 1.807) is 12.1 Å². The quantitative estimate of drug-likeness (QED) is 0.689. The minimum atomic E-state index is -0.306. The van der Waals surface area contributed by atoms with Crippen LogP contribution in [0.5, 0.6) is 5.75 Å². The van der Waals surface area contributed by atoms with E-state index in [4.69, 9.17) is 9.47 Å². The van der Waals surface area contributed by atoms with E-state index in [9.17, 15) is 9.18 Å². The van der Waals surface area contributed by atoms with E-state index >= 15 is 0 Å². The van der Waals surface area contributed by atoms with Crippen molar-refractivity contribution >= 4 is 6.03 Å². The molecule has 22 heavy (non-hydrogen) atoms. The van der Waals surface area contributed by atoms with Crippen LogP contribution in [0.25, 0.3) is 0 Å². The molecule has 2 amide bonds. The summed E-state index contributed by atoms with van der Waals surface area (Å²) < 4.78 is 23.6. The second-order valence-corrected chi connectivity index (χ2v) is 5.34. The minimum Gasteiger partial charge on any atom is -0.491 e. The lowest BCUT2D eigenvalue weighted by Crippen LogP contribution is -2.43. The first-order chi connectivity index (χ1) is 10.5. The molecule has 0 aliphatic heterocycles. The first kappa shape index (κ1) is 18.2. The van der Waals surface area contributed by atoms with Gasteiger partial charge in [-0.3, -0.25) is 0 Å². The van der Waals surface area contributed by atoms with Crippen LogP contribution in [0.4, 0.5) is 9.18 Å². The molecule has 5 nitrogen and oxygen atoms in total. The molecule has 0 aromatic heterocycles. The Kier molecular flexibility index (Phi) is 8.28. The summed E-state index contributed by atoms with van der Waals surface area (Å²) in [5.74, 6) is 0.264. The van der Waals surface area contributed by atoms with E-state index in [2.05, 4.69) is 10.6 Å². The largest absolute Gasteiger partial charge is 0.491 e. The van der Waals surface area contributed by atoms with Crippen molar-refractivity contribution < 1.29 is 18.7 Å². The SMILES string of the molecule is CC(COc1ccc(F)cc1)NC(=O)NCCCOC(C)C. The highest BCUT2D eigenvalue weighted by Crippen LogP contribution is 2.11. The van der Waals surface area contributed by atoms with Crippen molar-refractivity contribution in [1.29, 1.82) is 0 Å². The highest BCUT2D eigenvalue weighted by atomic mass is 19.1. The molecule has 0 aliphatic carbocycles. The van der Waals surface area contributed by atoms with Crippen molar-refractivity contribution in [3.8, 4) is 5.75 Å². The van der Waals surface area contributed by atoms with Crippen LogP contribution in [0, 0.1) is 5.82 Å². The van der Waals surface area contributed by atoms with Gasteiger partial charge in [-0.2, -0.15) is 0 Å². The maximum atomic E-state index is 12.7. The van der Waals surface area contributed by atoms with Gasteiger partial charge in [-0.05, 0) is 51.5 Å². The Morgan fingerprint density at radius 3 is 2.55 bits per heavy atom. The predicted octanol–water partition coefficient (Wildman–Crippen LogP) is 2.71. The van der Waals surface area contributed by atoms with Gasteiger partial charge < -0.3 is 20.1 Å². The van der Waals surface area contributed by atoms with E-state index in [0.717, 1.165) is 6.42 Å². The van der Waals surface area contributed by atoms with Crippen LogP contribution in [-0.2, 0) is 4.74 Å². The van der Waals surface area contributed by atoms with Crippen molar-refractivity contribution in [2.75, 3.05) is 19.8 Å². The average molecular weight is 312 g/mol. The molecule has 0 spiro atoms. The lowest BCUT2D eigenvalue weighted by atomic mass is 10.3. The standard InChI is InChI=1S/C16H25FN2O3/c1-12(2)21-10-4-9-18-16(20)19-13(3)11-22-15-7-5-14(17)6-8-15/h5-8,12-13H,4,9-11H2,1-3H3,(H2,18,19,20). The molecule has 0 heterocycles. The Labute approximate surface area is 131 Å². The van der Waals surface area contributed by atoms with Gasteiger partial charge in [-0.15, -0.1) is 0 Å². The normalized spacial score (nSPS) is 12.0. The number of nitrogens with one attached hydrogen (secondary N) is 2. The van der Waals surface area contributed by atoms with E-state index in [1.807, 2.05) is 20.8 Å². The number of hydrogen-bond donors (Lipinski definition) is 2. The number of urea groups is 1. The predicted molar refractivity (Wildman–Crippen MR) is 83.6 cm³/mol. The molecule has 0 radical (unpaired) electrons. The summed E-state index contributed by atoms with van der Waals surface area (Å²) in [4.78, 5) is 11.6. The van der Waals surface area contributed by atoms with Crippen LogP contribution in [0.3, 0.4) is 0 Å². The number of carbonyl (C=O) groups is 1. The second-order valence-electron chi connectivity index (χ2n) is 5.34. The third-order valence-corrected chi connectivity index (χ3v) is 2.75. The summed E-state index contributed by atoms with van der Waals surface area (Å²) in [5.41, 5.74) is 0. The summed E-state index contributed by atoms with van der Waals surface area (Å²) >= 11 is 0. The maximum Gasteiger partial charge on any atom is 0.315 e. The highest BCUT2D eigenvalue weighted by Gasteiger charge is 2.07. The molecule has 0 saturated heterocycles. The van der Waals surface area contributed by atoms with Crippen molar-refractivity contribution in [3.05, 3.63) is 30.1 Å². The monoisotopic (exact) mass is 312 g/mol. The summed E-state index contributed by atoms with van der Waals surface area (Å²) in [7, 11) is 0. The summed E-state index contributed by atoms with van der Waals surface area (Å²) in [6, 6.07) is 5.38. The molecule has 0 saturated carbocycles. The van der Waals surface area contributed by atoms with E-state index in [1.165, 1.54) is 12.1 Å². The lowest BCUT2D eigenvalue weighted by molar-refractivity contribution is 0.0774. The smallest absolute Gasteiger partial charge is 0.315 e. The fraction of sp³-hybridized carbons (Fsp3) is 0.562. The Morgan fingerprint density at radius 2 is 1.91 bits per heavy atom. The van der Waals surface area contributed by atoms with Gasteiger partial charge in [0.2, 0.25) is 0 Å². The number of benzene rings is 1. The molecule has 0 bridgehead atoms. The van der Waals surface area contributed by atoms with Crippen molar-refractivity contribution in [2.45, 2.75) is 39.3 Å².